The van der Waals surface area contributed by atoms with Crippen molar-refractivity contribution in [2.45, 2.75) is 76.7 Å². The topological polar surface area (TPSA) is 44.3 Å². The van der Waals surface area contributed by atoms with Gasteiger partial charge in [-0.15, -0.1) is 0 Å². The highest BCUT2D eigenvalue weighted by Gasteiger charge is 2.25. The number of likely N-dealkylation sites (tertiary alicyclic amines) is 1. The van der Waals surface area contributed by atoms with E-state index in [0.717, 1.165) is 38.4 Å². The number of thioether (sulfide) groups is 1. The molecule has 0 radical (unpaired) electrons. The number of aryl methyl sites for hydroxylation is 1. The number of rotatable bonds is 7. The standard InChI is InChI=1S/C23H39N5S/c1-29-17-16-27-13-9-6-10-19(27)18-24-23-25-21-12-5-4-11-20(21)22(26-23)28-14-7-2-3-8-15-28/h19H,2-18H2,1H3,(H,24,25,26). The zero-order chi connectivity index (χ0) is 19.9. The van der Waals surface area contributed by atoms with Crippen LogP contribution in [0.5, 0.6) is 0 Å². The van der Waals surface area contributed by atoms with Gasteiger partial charge in [-0.3, -0.25) is 4.90 Å². The Morgan fingerprint density at radius 1 is 0.931 bits per heavy atom. The Morgan fingerprint density at radius 3 is 2.55 bits per heavy atom. The molecule has 1 unspecified atom stereocenters. The van der Waals surface area contributed by atoms with Crippen molar-refractivity contribution in [3.8, 4) is 0 Å². The number of hydrogen-bond acceptors (Lipinski definition) is 6. The van der Waals surface area contributed by atoms with Gasteiger partial charge in [0.05, 0.1) is 5.69 Å². The second kappa shape index (κ2) is 10.9. The molecule has 3 heterocycles. The minimum atomic E-state index is 0.622. The van der Waals surface area contributed by atoms with Crippen molar-refractivity contribution in [3.05, 3.63) is 11.3 Å². The summed E-state index contributed by atoms with van der Waals surface area (Å²) in [5.41, 5.74) is 2.76. The van der Waals surface area contributed by atoms with E-state index in [2.05, 4.69) is 21.4 Å². The fourth-order valence-electron chi connectivity index (χ4n) is 5.20. The second-order valence-electron chi connectivity index (χ2n) is 8.96. The molecule has 0 saturated carbocycles. The molecule has 0 bridgehead atoms. The van der Waals surface area contributed by atoms with Gasteiger partial charge in [0, 0.05) is 43.5 Å². The first kappa shape index (κ1) is 21.2. The molecule has 4 rings (SSSR count). The molecule has 6 heteroatoms. The van der Waals surface area contributed by atoms with Crippen LogP contribution in [0.15, 0.2) is 0 Å². The van der Waals surface area contributed by atoms with Gasteiger partial charge in [0.25, 0.3) is 0 Å². The van der Waals surface area contributed by atoms with E-state index in [1.54, 1.807) is 0 Å². The van der Waals surface area contributed by atoms with E-state index in [9.17, 15) is 0 Å². The van der Waals surface area contributed by atoms with Crippen molar-refractivity contribution in [2.75, 3.05) is 54.9 Å². The third kappa shape index (κ3) is 5.57. The van der Waals surface area contributed by atoms with Crippen LogP contribution in [0.25, 0.3) is 0 Å². The molecule has 2 aliphatic heterocycles. The van der Waals surface area contributed by atoms with Crippen LogP contribution in [0.3, 0.4) is 0 Å². The minimum absolute atomic E-state index is 0.622. The summed E-state index contributed by atoms with van der Waals surface area (Å²) in [6.45, 7) is 5.75. The monoisotopic (exact) mass is 417 g/mol. The summed E-state index contributed by atoms with van der Waals surface area (Å²) in [5, 5.41) is 3.67. The number of nitrogens with one attached hydrogen (secondary N) is 1. The van der Waals surface area contributed by atoms with Crippen LogP contribution < -0.4 is 10.2 Å². The maximum Gasteiger partial charge on any atom is 0.224 e. The van der Waals surface area contributed by atoms with Crippen molar-refractivity contribution < 1.29 is 0 Å². The first-order chi connectivity index (χ1) is 14.3. The molecule has 1 aromatic rings. The Kier molecular flexibility index (Phi) is 7.94. The molecule has 1 aliphatic carbocycles. The van der Waals surface area contributed by atoms with Gasteiger partial charge >= 0.3 is 0 Å². The van der Waals surface area contributed by atoms with Crippen molar-refractivity contribution in [3.63, 3.8) is 0 Å². The van der Waals surface area contributed by atoms with E-state index in [1.807, 2.05) is 11.8 Å². The van der Waals surface area contributed by atoms with Crippen LogP contribution in [0.2, 0.25) is 0 Å². The molecular formula is C23H39N5S. The van der Waals surface area contributed by atoms with Crippen molar-refractivity contribution in [1.82, 2.24) is 14.9 Å². The summed E-state index contributed by atoms with van der Waals surface area (Å²) in [5.74, 6) is 3.35. The van der Waals surface area contributed by atoms with Crippen LogP contribution >= 0.6 is 11.8 Å². The van der Waals surface area contributed by atoms with Gasteiger partial charge in [-0.2, -0.15) is 16.7 Å². The molecule has 162 valence electrons. The van der Waals surface area contributed by atoms with Crippen molar-refractivity contribution in [2.24, 2.45) is 0 Å². The SMILES string of the molecule is CSCCN1CCCCC1CNc1nc2c(c(N3CCCCCC3)n1)CCCC2. The average molecular weight is 418 g/mol. The first-order valence-electron chi connectivity index (χ1n) is 12.0. The van der Waals surface area contributed by atoms with Crippen LogP contribution in [-0.2, 0) is 12.8 Å². The normalized spacial score (nSPS) is 23.5. The molecule has 0 amide bonds. The predicted molar refractivity (Wildman–Crippen MR) is 125 cm³/mol. The molecule has 5 nitrogen and oxygen atoms in total. The minimum Gasteiger partial charge on any atom is -0.356 e. The lowest BCUT2D eigenvalue weighted by atomic mass is 9.96. The van der Waals surface area contributed by atoms with Crippen LogP contribution in [0.1, 0.15) is 69.0 Å². The molecule has 29 heavy (non-hydrogen) atoms. The summed E-state index contributed by atoms with van der Waals surface area (Å²) in [4.78, 5) is 15.3. The van der Waals surface area contributed by atoms with Gasteiger partial charge < -0.3 is 10.2 Å². The smallest absolute Gasteiger partial charge is 0.224 e. The van der Waals surface area contributed by atoms with Gasteiger partial charge in [0.1, 0.15) is 5.82 Å². The Balaban J connectivity index is 1.48. The lowest BCUT2D eigenvalue weighted by Gasteiger charge is -2.36. The molecule has 1 N–H and O–H groups in total. The highest BCUT2D eigenvalue weighted by atomic mass is 32.2. The molecule has 1 aromatic heterocycles. The highest BCUT2D eigenvalue weighted by molar-refractivity contribution is 7.98. The molecular weight excluding hydrogens is 378 g/mol. The fraction of sp³-hybridized carbons (Fsp3) is 0.826. The van der Waals surface area contributed by atoms with Crippen molar-refractivity contribution in [1.29, 1.82) is 0 Å². The van der Waals surface area contributed by atoms with E-state index in [4.69, 9.17) is 9.97 Å². The van der Waals surface area contributed by atoms with Gasteiger partial charge in [-0.05, 0) is 64.2 Å². The van der Waals surface area contributed by atoms with E-state index >= 15 is 0 Å². The van der Waals surface area contributed by atoms with Crippen LogP contribution in [0, 0.1) is 0 Å². The number of fused-ring (bicyclic) bond motifs is 1. The lowest BCUT2D eigenvalue weighted by Crippen LogP contribution is -2.44. The Bertz CT molecular complexity index is 644. The van der Waals surface area contributed by atoms with E-state index in [0.29, 0.717) is 6.04 Å². The Labute approximate surface area is 181 Å². The van der Waals surface area contributed by atoms with E-state index in [1.165, 1.54) is 93.7 Å². The second-order valence-corrected chi connectivity index (χ2v) is 9.95. The van der Waals surface area contributed by atoms with Gasteiger partial charge in [0.15, 0.2) is 0 Å². The Hall–Kier alpha value is -1.01. The highest BCUT2D eigenvalue weighted by Crippen LogP contribution is 2.30. The quantitative estimate of drug-likeness (QED) is 0.711. The third-order valence-corrected chi connectivity index (χ3v) is 7.49. The Morgan fingerprint density at radius 2 is 1.72 bits per heavy atom. The number of anilines is 2. The van der Waals surface area contributed by atoms with Gasteiger partial charge in [-0.1, -0.05) is 19.3 Å². The number of hydrogen-bond donors (Lipinski definition) is 1. The van der Waals surface area contributed by atoms with Crippen LogP contribution in [-0.4, -0.2) is 65.6 Å². The number of piperidine rings is 1. The lowest BCUT2D eigenvalue weighted by molar-refractivity contribution is 0.166. The maximum atomic E-state index is 5.10. The summed E-state index contributed by atoms with van der Waals surface area (Å²) < 4.78 is 0. The van der Waals surface area contributed by atoms with Gasteiger partial charge in [-0.25, -0.2) is 4.98 Å². The largest absolute Gasteiger partial charge is 0.356 e. The third-order valence-electron chi connectivity index (χ3n) is 6.89. The van der Waals surface area contributed by atoms with Gasteiger partial charge in [0.2, 0.25) is 5.95 Å². The molecule has 3 aliphatic rings. The van der Waals surface area contributed by atoms with Crippen LogP contribution in [0.4, 0.5) is 11.8 Å². The molecule has 2 saturated heterocycles. The predicted octanol–water partition coefficient (Wildman–Crippen LogP) is 4.37. The zero-order valence-electron chi connectivity index (χ0n) is 18.3. The van der Waals surface area contributed by atoms with Crippen molar-refractivity contribution >= 4 is 23.5 Å². The first-order valence-corrected chi connectivity index (χ1v) is 13.4. The molecule has 2 fully saturated rings. The summed E-state index contributed by atoms with van der Waals surface area (Å²) >= 11 is 1.95. The maximum absolute atomic E-state index is 5.10. The molecule has 0 aromatic carbocycles. The molecule has 0 spiro atoms. The average Bonchev–Trinajstić information content (AvgIpc) is 3.06. The summed E-state index contributed by atoms with van der Waals surface area (Å²) in [6.07, 6.45) is 16.4. The fourth-order valence-corrected chi connectivity index (χ4v) is 5.62. The summed E-state index contributed by atoms with van der Waals surface area (Å²) in [6, 6.07) is 0.622. The molecule has 1 atom stereocenters. The van der Waals surface area contributed by atoms with E-state index < -0.39 is 0 Å². The number of nitrogens with zero attached hydrogens (tertiary/aromatic N) is 4. The number of aromatic nitrogens is 2. The van der Waals surface area contributed by atoms with E-state index in [-0.39, 0.29) is 0 Å². The summed E-state index contributed by atoms with van der Waals surface area (Å²) in [7, 11) is 0. The zero-order valence-corrected chi connectivity index (χ0v) is 19.1.